The highest BCUT2D eigenvalue weighted by atomic mass is 35.5. The second-order valence-corrected chi connectivity index (χ2v) is 6.33. The molecule has 1 aromatic rings. The van der Waals surface area contributed by atoms with E-state index < -0.39 is 0 Å². The Hall–Kier alpha value is -0.690. The van der Waals surface area contributed by atoms with Crippen LogP contribution in [0.5, 0.6) is 0 Å². The number of carbonyl (C=O) groups is 1. The second kappa shape index (κ2) is 7.93. The van der Waals surface area contributed by atoms with Crippen molar-refractivity contribution in [3.63, 3.8) is 0 Å². The predicted octanol–water partition coefficient (Wildman–Crippen LogP) is 1.05. The molecule has 0 radical (unpaired) electrons. The minimum Gasteiger partial charge on any atom is -0.339 e. The van der Waals surface area contributed by atoms with E-state index in [1.807, 2.05) is 25.8 Å². The molecular formula is C13H23ClN4OS. The van der Waals surface area contributed by atoms with E-state index in [-0.39, 0.29) is 18.3 Å². The number of amides is 1. The fourth-order valence-electron chi connectivity index (χ4n) is 2.27. The number of halogens is 1. The van der Waals surface area contributed by atoms with E-state index in [1.54, 1.807) is 11.3 Å². The first-order chi connectivity index (χ1) is 9.06. The maximum absolute atomic E-state index is 12.1. The van der Waals surface area contributed by atoms with Crippen molar-refractivity contribution >= 4 is 29.7 Å². The SMILES string of the molecule is Cc1nc(C)c(CN(C)CC(=O)N2CCNCC2)s1.Cl. The second-order valence-electron chi connectivity index (χ2n) is 5.04. The number of rotatable bonds is 4. The minimum absolute atomic E-state index is 0. The number of likely N-dealkylation sites (N-methyl/N-ethyl adjacent to an activating group) is 1. The molecule has 1 N–H and O–H groups in total. The lowest BCUT2D eigenvalue weighted by molar-refractivity contribution is -0.132. The van der Waals surface area contributed by atoms with E-state index in [0.29, 0.717) is 6.54 Å². The smallest absolute Gasteiger partial charge is 0.236 e. The van der Waals surface area contributed by atoms with Crippen LogP contribution in [0.1, 0.15) is 15.6 Å². The first-order valence-electron chi connectivity index (χ1n) is 6.66. The van der Waals surface area contributed by atoms with Gasteiger partial charge >= 0.3 is 0 Å². The van der Waals surface area contributed by atoms with Gasteiger partial charge in [-0.05, 0) is 20.9 Å². The number of aromatic nitrogens is 1. The number of carbonyl (C=O) groups excluding carboxylic acids is 1. The van der Waals surface area contributed by atoms with Crippen LogP contribution in [-0.2, 0) is 11.3 Å². The molecular weight excluding hydrogens is 296 g/mol. The number of nitrogens with zero attached hydrogens (tertiary/aromatic N) is 3. The van der Waals surface area contributed by atoms with Crippen molar-refractivity contribution in [1.29, 1.82) is 0 Å². The summed E-state index contributed by atoms with van der Waals surface area (Å²) in [5.74, 6) is 0.225. The maximum atomic E-state index is 12.1. The summed E-state index contributed by atoms with van der Waals surface area (Å²) in [5.41, 5.74) is 1.09. The molecule has 0 atom stereocenters. The molecule has 1 saturated heterocycles. The molecule has 1 aliphatic rings. The highest BCUT2D eigenvalue weighted by molar-refractivity contribution is 7.11. The van der Waals surface area contributed by atoms with Crippen LogP contribution >= 0.6 is 23.7 Å². The Labute approximate surface area is 130 Å². The van der Waals surface area contributed by atoms with Crippen molar-refractivity contribution in [2.24, 2.45) is 0 Å². The number of nitrogens with one attached hydrogen (secondary N) is 1. The first kappa shape index (κ1) is 17.4. The Morgan fingerprint density at radius 3 is 2.60 bits per heavy atom. The molecule has 2 rings (SSSR count). The molecule has 0 aromatic carbocycles. The van der Waals surface area contributed by atoms with Crippen molar-refractivity contribution in [1.82, 2.24) is 20.1 Å². The molecule has 1 aromatic heterocycles. The summed E-state index contributed by atoms with van der Waals surface area (Å²) in [5, 5.41) is 4.35. The summed E-state index contributed by atoms with van der Waals surface area (Å²) in [6.07, 6.45) is 0. The zero-order valence-electron chi connectivity index (χ0n) is 12.3. The Kier molecular flexibility index (Phi) is 6.88. The van der Waals surface area contributed by atoms with Gasteiger partial charge in [-0.3, -0.25) is 9.69 Å². The topological polar surface area (TPSA) is 48.5 Å². The summed E-state index contributed by atoms with van der Waals surface area (Å²) < 4.78 is 0. The van der Waals surface area contributed by atoms with Gasteiger partial charge in [0.1, 0.15) is 0 Å². The Morgan fingerprint density at radius 2 is 2.05 bits per heavy atom. The Balaban J connectivity index is 0.00000200. The highest BCUT2D eigenvalue weighted by Crippen LogP contribution is 2.18. The van der Waals surface area contributed by atoms with Crippen molar-refractivity contribution in [2.75, 3.05) is 39.8 Å². The molecule has 0 unspecified atom stereocenters. The molecule has 0 saturated carbocycles. The van der Waals surface area contributed by atoms with Crippen molar-refractivity contribution in [3.8, 4) is 0 Å². The number of hydrogen-bond donors (Lipinski definition) is 1. The summed E-state index contributed by atoms with van der Waals surface area (Å²) in [7, 11) is 1.99. The van der Waals surface area contributed by atoms with Gasteiger partial charge in [0, 0.05) is 37.6 Å². The molecule has 5 nitrogen and oxygen atoms in total. The van der Waals surface area contributed by atoms with Gasteiger partial charge in [0.2, 0.25) is 5.91 Å². The lowest BCUT2D eigenvalue weighted by atomic mass is 10.3. The molecule has 0 bridgehead atoms. The summed E-state index contributed by atoms with van der Waals surface area (Å²) in [6.45, 7) is 8.80. The van der Waals surface area contributed by atoms with Gasteiger partial charge in [0.25, 0.3) is 0 Å². The number of aryl methyl sites for hydroxylation is 2. The van der Waals surface area contributed by atoms with Gasteiger partial charge in [-0.15, -0.1) is 23.7 Å². The number of hydrogen-bond acceptors (Lipinski definition) is 5. The lowest BCUT2D eigenvalue weighted by Gasteiger charge is -2.29. The van der Waals surface area contributed by atoms with Crippen LogP contribution in [0.2, 0.25) is 0 Å². The molecule has 1 fully saturated rings. The van der Waals surface area contributed by atoms with Gasteiger partial charge in [-0.25, -0.2) is 4.98 Å². The van der Waals surface area contributed by atoms with E-state index in [0.717, 1.165) is 43.4 Å². The molecule has 1 aliphatic heterocycles. The maximum Gasteiger partial charge on any atom is 0.236 e. The van der Waals surface area contributed by atoms with Crippen molar-refractivity contribution in [2.45, 2.75) is 20.4 Å². The van der Waals surface area contributed by atoms with Crippen LogP contribution in [0.25, 0.3) is 0 Å². The monoisotopic (exact) mass is 318 g/mol. The van der Waals surface area contributed by atoms with Crippen LogP contribution in [-0.4, -0.2) is 60.5 Å². The third-order valence-corrected chi connectivity index (χ3v) is 4.35. The lowest BCUT2D eigenvalue weighted by Crippen LogP contribution is -2.49. The van der Waals surface area contributed by atoms with Gasteiger partial charge in [0.05, 0.1) is 17.2 Å². The molecule has 7 heteroatoms. The largest absolute Gasteiger partial charge is 0.339 e. The van der Waals surface area contributed by atoms with E-state index >= 15 is 0 Å². The van der Waals surface area contributed by atoms with E-state index in [4.69, 9.17) is 0 Å². The van der Waals surface area contributed by atoms with Gasteiger partial charge in [0.15, 0.2) is 0 Å². The third-order valence-electron chi connectivity index (χ3n) is 3.29. The molecule has 0 aliphatic carbocycles. The fourth-order valence-corrected chi connectivity index (χ4v) is 3.28. The van der Waals surface area contributed by atoms with Gasteiger partial charge < -0.3 is 10.2 Å². The van der Waals surface area contributed by atoms with Crippen LogP contribution in [0, 0.1) is 13.8 Å². The van der Waals surface area contributed by atoms with E-state index in [2.05, 4.69) is 15.2 Å². The molecule has 114 valence electrons. The van der Waals surface area contributed by atoms with Crippen LogP contribution in [0.3, 0.4) is 0 Å². The van der Waals surface area contributed by atoms with Crippen molar-refractivity contribution < 1.29 is 4.79 Å². The molecule has 1 amide bonds. The predicted molar refractivity (Wildman–Crippen MR) is 84.6 cm³/mol. The summed E-state index contributed by atoms with van der Waals surface area (Å²) >= 11 is 1.72. The highest BCUT2D eigenvalue weighted by Gasteiger charge is 2.18. The zero-order chi connectivity index (χ0) is 13.8. The summed E-state index contributed by atoms with van der Waals surface area (Å²) in [6, 6.07) is 0. The fraction of sp³-hybridized carbons (Fsp3) is 0.692. The number of piperazine rings is 1. The third kappa shape index (κ3) is 4.70. The Bertz CT molecular complexity index is 446. The van der Waals surface area contributed by atoms with Crippen LogP contribution < -0.4 is 5.32 Å². The normalized spacial score (nSPS) is 15.3. The summed E-state index contributed by atoms with van der Waals surface area (Å²) in [4.78, 5) is 21.8. The average Bonchev–Trinajstić information content (AvgIpc) is 2.68. The Morgan fingerprint density at radius 1 is 1.40 bits per heavy atom. The molecule has 0 spiro atoms. The van der Waals surface area contributed by atoms with E-state index in [9.17, 15) is 4.79 Å². The standard InChI is InChI=1S/C13H22N4OS.ClH/c1-10-12(19-11(2)15-10)8-16(3)9-13(18)17-6-4-14-5-7-17;/h14H,4-9H2,1-3H3;1H. The van der Waals surface area contributed by atoms with Gasteiger partial charge in [-0.2, -0.15) is 0 Å². The number of thiazole rings is 1. The molecule has 20 heavy (non-hydrogen) atoms. The van der Waals surface area contributed by atoms with Crippen molar-refractivity contribution in [3.05, 3.63) is 15.6 Å². The minimum atomic E-state index is 0. The first-order valence-corrected chi connectivity index (χ1v) is 7.48. The van der Waals surface area contributed by atoms with Crippen LogP contribution in [0.4, 0.5) is 0 Å². The van der Waals surface area contributed by atoms with E-state index in [1.165, 1.54) is 4.88 Å². The quantitative estimate of drug-likeness (QED) is 0.901. The molecule has 2 heterocycles. The van der Waals surface area contributed by atoms with Crippen LogP contribution in [0.15, 0.2) is 0 Å². The zero-order valence-corrected chi connectivity index (χ0v) is 13.9. The average molecular weight is 319 g/mol. The van der Waals surface area contributed by atoms with Gasteiger partial charge in [-0.1, -0.05) is 0 Å².